The molecule has 0 heteroatoms. The Hall–Kier alpha value is 0. The first-order valence-electron chi connectivity index (χ1n) is 14.5. The molecule has 0 aromatic carbocycles. The normalized spacial score (nSPS) is 41.4. The van der Waals surface area contributed by atoms with Crippen LogP contribution in [0.3, 0.4) is 0 Å². The third-order valence-corrected chi connectivity index (χ3v) is 10.9. The molecule has 0 saturated heterocycles. The van der Waals surface area contributed by atoms with Crippen LogP contribution in [0.25, 0.3) is 0 Å². The fourth-order valence-electron chi connectivity index (χ4n) is 9.03. The second-order valence-electron chi connectivity index (χ2n) is 13.5. The van der Waals surface area contributed by atoms with Crippen LogP contribution in [0.15, 0.2) is 0 Å². The lowest BCUT2D eigenvalue weighted by Crippen LogP contribution is -2.27. The summed E-state index contributed by atoms with van der Waals surface area (Å²) in [7, 11) is 0. The van der Waals surface area contributed by atoms with Gasteiger partial charge in [0.15, 0.2) is 0 Å². The average molecular weight is 415 g/mol. The summed E-state index contributed by atoms with van der Waals surface area (Å²) in [6.45, 7) is 9.98. The standard InChI is InChI=1S/C30H54/c1-5-28-24(15-14-22-10-9-13-27(20-22)30(2,3)4)18-19-29(28)26-17-16-25(21-26)23-11-7-6-8-12-23/h22-29H,5-21H2,1-4H3. The summed E-state index contributed by atoms with van der Waals surface area (Å²) in [4.78, 5) is 0. The summed E-state index contributed by atoms with van der Waals surface area (Å²) in [6.07, 6.45) is 26.3. The smallest absolute Gasteiger partial charge is 0.0354 e. The van der Waals surface area contributed by atoms with Crippen molar-refractivity contribution >= 4 is 0 Å². The minimum atomic E-state index is 0.528. The van der Waals surface area contributed by atoms with E-state index in [4.69, 9.17) is 0 Å². The fraction of sp³-hybridized carbons (Fsp3) is 1.00. The Kier molecular flexibility index (Phi) is 7.95. The minimum absolute atomic E-state index is 0.528. The van der Waals surface area contributed by atoms with Crippen molar-refractivity contribution in [2.75, 3.05) is 0 Å². The van der Waals surface area contributed by atoms with Gasteiger partial charge in [-0.15, -0.1) is 0 Å². The highest BCUT2D eigenvalue weighted by Gasteiger charge is 2.43. The second-order valence-corrected chi connectivity index (χ2v) is 13.5. The van der Waals surface area contributed by atoms with Crippen molar-refractivity contribution in [1.29, 1.82) is 0 Å². The molecule has 0 radical (unpaired) electrons. The first kappa shape index (κ1) is 23.2. The van der Waals surface area contributed by atoms with Gasteiger partial charge in [-0.1, -0.05) is 85.5 Å². The van der Waals surface area contributed by atoms with Gasteiger partial charge in [-0.05, 0) is 104 Å². The highest BCUT2D eigenvalue weighted by Crippen LogP contribution is 2.53. The zero-order chi connectivity index (χ0) is 21.1. The fourth-order valence-corrected chi connectivity index (χ4v) is 9.03. The van der Waals surface area contributed by atoms with Gasteiger partial charge >= 0.3 is 0 Å². The molecule has 0 amide bonds. The topological polar surface area (TPSA) is 0 Å². The van der Waals surface area contributed by atoms with Gasteiger partial charge in [0.1, 0.15) is 0 Å². The highest BCUT2D eigenvalue weighted by molar-refractivity contribution is 4.93. The van der Waals surface area contributed by atoms with Crippen LogP contribution in [-0.4, -0.2) is 0 Å². The van der Waals surface area contributed by atoms with Gasteiger partial charge in [0.25, 0.3) is 0 Å². The molecule has 4 rings (SSSR count). The van der Waals surface area contributed by atoms with Crippen molar-refractivity contribution in [3.05, 3.63) is 0 Å². The lowest BCUT2D eigenvalue weighted by molar-refractivity contribution is 0.129. The molecule has 0 spiro atoms. The zero-order valence-corrected chi connectivity index (χ0v) is 21.1. The summed E-state index contributed by atoms with van der Waals surface area (Å²) in [5.41, 5.74) is 0.528. The van der Waals surface area contributed by atoms with E-state index in [1.54, 1.807) is 57.8 Å². The van der Waals surface area contributed by atoms with E-state index >= 15 is 0 Å². The Bertz CT molecular complexity index is 507. The molecule has 7 unspecified atom stereocenters. The van der Waals surface area contributed by atoms with Gasteiger partial charge in [0, 0.05) is 0 Å². The molecule has 4 fully saturated rings. The van der Waals surface area contributed by atoms with Gasteiger partial charge < -0.3 is 0 Å². The summed E-state index contributed by atoms with van der Waals surface area (Å²) in [6, 6.07) is 0. The second kappa shape index (κ2) is 10.3. The molecule has 4 saturated carbocycles. The molecule has 0 N–H and O–H groups in total. The molecule has 4 aliphatic carbocycles. The lowest BCUT2D eigenvalue weighted by atomic mass is 9.67. The SMILES string of the molecule is CCC1C(CCC2CCCC(C(C)(C)C)C2)CCC1C1CCC(C2CCCCC2)C1. The van der Waals surface area contributed by atoms with Crippen molar-refractivity contribution in [2.45, 2.75) is 137 Å². The molecule has 0 aromatic rings. The number of hydrogen-bond acceptors (Lipinski definition) is 0. The van der Waals surface area contributed by atoms with Crippen LogP contribution in [0.1, 0.15) is 137 Å². The highest BCUT2D eigenvalue weighted by atomic mass is 14.5. The van der Waals surface area contributed by atoms with Crippen molar-refractivity contribution in [3.63, 3.8) is 0 Å². The van der Waals surface area contributed by atoms with Gasteiger partial charge in [0.2, 0.25) is 0 Å². The zero-order valence-electron chi connectivity index (χ0n) is 21.1. The molecule has 0 nitrogen and oxygen atoms in total. The van der Waals surface area contributed by atoms with E-state index in [9.17, 15) is 0 Å². The molecule has 0 aromatic heterocycles. The predicted octanol–water partition coefficient (Wildman–Crippen LogP) is 9.67. The molecule has 0 heterocycles. The average Bonchev–Trinajstić information content (AvgIpc) is 3.39. The van der Waals surface area contributed by atoms with E-state index in [-0.39, 0.29) is 0 Å². The molecule has 0 aliphatic heterocycles. The van der Waals surface area contributed by atoms with E-state index in [2.05, 4.69) is 27.7 Å². The first-order chi connectivity index (χ1) is 14.5. The maximum Gasteiger partial charge on any atom is -0.0354 e. The Morgan fingerprint density at radius 2 is 1.40 bits per heavy atom. The Balaban J connectivity index is 1.26. The third kappa shape index (κ3) is 5.49. The quantitative estimate of drug-likeness (QED) is 0.405. The van der Waals surface area contributed by atoms with Crippen LogP contribution in [-0.2, 0) is 0 Å². The lowest BCUT2D eigenvalue weighted by Gasteiger charge is -2.38. The first-order valence-corrected chi connectivity index (χ1v) is 14.5. The summed E-state index contributed by atoms with van der Waals surface area (Å²) in [5.74, 6) is 8.60. The van der Waals surface area contributed by atoms with Crippen LogP contribution in [0.2, 0.25) is 0 Å². The van der Waals surface area contributed by atoms with Crippen molar-refractivity contribution < 1.29 is 0 Å². The maximum atomic E-state index is 2.53. The largest absolute Gasteiger partial charge is 0.0651 e. The van der Waals surface area contributed by atoms with Crippen LogP contribution in [0, 0.1) is 52.8 Å². The van der Waals surface area contributed by atoms with Gasteiger partial charge in [-0.25, -0.2) is 0 Å². The number of hydrogen-bond donors (Lipinski definition) is 0. The Morgan fingerprint density at radius 1 is 0.633 bits per heavy atom. The van der Waals surface area contributed by atoms with Gasteiger partial charge in [-0.3, -0.25) is 0 Å². The number of rotatable bonds is 6. The van der Waals surface area contributed by atoms with Crippen LogP contribution in [0.5, 0.6) is 0 Å². The molecular weight excluding hydrogens is 360 g/mol. The Labute approximate surface area is 189 Å². The van der Waals surface area contributed by atoms with E-state index in [1.807, 2.05) is 0 Å². The summed E-state index contributed by atoms with van der Waals surface area (Å²) in [5, 5.41) is 0. The molecule has 174 valence electrons. The van der Waals surface area contributed by atoms with E-state index in [1.165, 1.54) is 51.4 Å². The molecule has 7 atom stereocenters. The van der Waals surface area contributed by atoms with Crippen LogP contribution >= 0.6 is 0 Å². The summed E-state index contributed by atoms with van der Waals surface area (Å²) < 4.78 is 0. The van der Waals surface area contributed by atoms with Crippen molar-refractivity contribution in [3.8, 4) is 0 Å². The van der Waals surface area contributed by atoms with Crippen LogP contribution in [0.4, 0.5) is 0 Å². The predicted molar refractivity (Wildman–Crippen MR) is 132 cm³/mol. The third-order valence-electron chi connectivity index (χ3n) is 10.9. The maximum absolute atomic E-state index is 2.53. The monoisotopic (exact) mass is 414 g/mol. The van der Waals surface area contributed by atoms with Crippen LogP contribution < -0.4 is 0 Å². The molecular formula is C30H54. The minimum Gasteiger partial charge on any atom is -0.0651 e. The molecule has 30 heavy (non-hydrogen) atoms. The van der Waals surface area contributed by atoms with E-state index in [0.717, 1.165) is 47.3 Å². The summed E-state index contributed by atoms with van der Waals surface area (Å²) >= 11 is 0. The van der Waals surface area contributed by atoms with Gasteiger partial charge in [-0.2, -0.15) is 0 Å². The van der Waals surface area contributed by atoms with E-state index in [0.29, 0.717) is 5.41 Å². The molecule has 4 aliphatic rings. The van der Waals surface area contributed by atoms with E-state index < -0.39 is 0 Å². The van der Waals surface area contributed by atoms with Crippen molar-refractivity contribution in [1.82, 2.24) is 0 Å². The Morgan fingerprint density at radius 3 is 2.13 bits per heavy atom. The van der Waals surface area contributed by atoms with Crippen molar-refractivity contribution in [2.24, 2.45) is 52.8 Å². The molecule has 0 bridgehead atoms. The van der Waals surface area contributed by atoms with Gasteiger partial charge in [0.05, 0.1) is 0 Å².